The minimum absolute atomic E-state index is 0.0887. The molecule has 0 saturated carbocycles. The van der Waals surface area contributed by atoms with Crippen LogP contribution in [-0.4, -0.2) is 16.8 Å². The van der Waals surface area contributed by atoms with E-state index in [1.807, 2.05) is 44.2 Å². The van der Waals surface area contributed by atoms with Gasteiger partial charge in [-0.1, -0.05) is 13.0 Å². The molecule has 0 spiro atoms. The number of Topliss-reactive ketones (excluding diaryl/α,β-unsaturated/α-hetero) is 1. The van der Waals surface area contributed by atoms with Crippen molar-refractivity contribution in [3.8, 4) is 0 Å². The molecule has 0 radical (unpaired) electrons. The van der Waals surface area contributed by atoms with E-state index in [2.05, 4.69) is 4.98 Å². The van der Waals surface area contributed by atoms with Crippen molar-refractivity contribution < 1.29 is 4.79 Å². The van der Waals surface area contributed by atoms with Crippen molar-refractivity contribution >= 4 is 16.7 Å². The first-order valence-corrected chi connectivity index (χ1v) is 5.74. The third-order valence-electron chi connectivity index (χ3n) is 3.09. The van der Waals surface area contributed by atoms with Crippen molar-refractivity contribution in [2.24, 2.45) is 11.7 Å². The van der Waals surface area contributed by atoms with Gasteiger partial charge in [0.1, 0.15) is 0 Å². The molecule has 0 saturated heterocycles. The summed E-state index contributed by atoms with van der Waals surface area (Å²) in [7, 11) is 0. The van der Waals surface area contributed by atoms with Crippen molar-refractivity contribution in [2.75, 3.05) is 0 Å². The zero-order valence-electron chi connectivity index (χ0n) is 10.1. The molecule has 3 heteroatoms. The fourth-order valence-corrected chi connectivity index (χ4v) is 1.73. The number of nitrogens with two attached hydrogens (primary N) is 1. The normalized spacial score (nSPS) is 14.5. The molecule has 1 heterocycles. The summed E-state index contributed by atoms with van der Waals surface area (Å²) in [4.78, 5) is 16.4. The predicted molar refractivity (Wildman–Crippen MR) is 68.9 cm³/mol. The lowest BCUT2D eigenvalue weighted by Gasteiger charge is -2.14. The van der Waals surface area contributed by atoms with E-state index in [0.29, 0.717) is 5.56 Å². The summed E-state index contributed by atoms with van der Waals surface area (Å²) < 4.78 is 0. The molecule has 2 N–H and O–H groups in total. The maximum absolute atomic E-state index is 12.1. The maximum atomic E-state index is 12.1. The highest BCUT2D eigenvalue weighted by Crippen LogP contribution is 2.17. The maximum Gasteiger partial charge on any atom is 0.167 e. The first-order chi connectivity index (χ1) is 8.09. The van der Waals surface area contributed by atoms with Crippen LogP contribution in [0.1, 0.15) is 24.2 Å². The summed E-state index contributed by atoms with van der Waals surface area (Å²) in [6.07, 6.45) is 1.74. The van der Waals surface area contributed by atoms with Gasteiger partial charge in [0.2, 0.25) is 0 Å². The smallest absolute Gasteiger partial charge is 0.167 e. The van der Waals surface area contributed by atoms with E-state index >= 15 is 0 Å². The molecule has 0 aliphatic heterocycles. The summed E-state index contributed by atoms with van der Waals surface area (Å²) in [5, 5.41) is 0.982. The largest absolute Gasteiger partial charge is 0.327 e. The predicted octanol–water partition coefficient (Wildman–Crippen LogP) is 2.40. The molecule has 1 aromatic heterocycles. The Morgan fingerprint density at radius 2 is 2.06 bits per heavy atom. The second-order valence-electron chi connectivity index (χ2n) is 4.42. The molecule has 2 unspecified atom stereocenters. The minimum Gasteiger partial charge on any atom is -0.327 e. The number of rotatable bonds is 3. The summed E-state index contributed by atoms with van der Waals surface area (Å²) in [5.74, 6) is -0.0742. The van der Waals surface area contributed by atoms with Gasteiger partial charge >= 0.3 is 0 Å². The van der Waals surface area contributed by atoms with E-state index < -0.39 is 0 Å². The van der Waals surface area contributed by atoms with Crippen LogP contribution in [0.25, 0.3) is 10.9 Å². The van der Waals surface area contributed by atoms with Crippen molar-refractivity contribution in [1.82, 2.24) is 4.98 Å². The van der Waals surface area contributed by atoms with E-state index in [-0.39, 0.29) is 17.7 Å². The highest BCUT2D eigenvalue weighted by atomic mass is 16.1. The van der Waals surface area contributed by atoms with Crippen LogP contribution < -0.4 is 5.73 Å². The third-order valence-corrected chi connectivity index (χ3v) is 3.09. The lowest BCUT2D eigenvalue weighted by atomic mass is 9.93. The second kappa shape index (κ2) is 4.63. The first kappa shape index (κ1) is 11.7. The highest BCUT2D eigenvalue weighted by molar-refractivity contribution is 6.00. The van der Waals surface area contributed by atoms with Gasteiger partial charge in [-0.25, -0.2) is 0 Å². The summed E-state index contributed by atoms with van der Waals surface area (Å²) >= 11 is 0. The number of carbonyl (C=O) groups is 1. The van der Waals surface area contributed by atoms with Crippen molar-refractivity contribution in [1.29, 1.82) is 0 Å². The summed E-state index contributed by atoms with van der Waals surface area (Å²) in [6, 6.07) is 9.25. The van der Waals surface area contributed by atoms with Gasteiger partial charge in [0.15, 0.2) is 5.78 Å². The SMILES string of the molecule is CC(N)C(C)C(=O)c1ccc2ncccc2c1. The number of fused-ring (bicyclic) bond motifs is 1. The lowest BCUT2D eigenvalue weighted by molar-refractivity contribution is 0.0917. The molecule has 2 aromatic rings. The Balaban J connectivity index is 2.40. The number of hydrogen-bond acceptors (Lipinski definition) is 3. The van der Waals surface area contributed by atoms with Gasteiger partial charge in [0.25, 0.3) is 0 Å². The van der Waals surface area contributed by atoms with Gasteiger partial charge in [0.05, 0.1) is 5.52 Å². The Morgan fingerprint density at radius 3 is 2.76 bits per heavy atom. The average molecular weight is 228 g/mol. The Morgan fingerprint density at radius 1 is 1.29 bits per heavy atom. The van der Waals surface area contributed by atoms with Crippen LogP contribution in [0, 0.1) is 5.92 Å². The number of benzene rings is 1. The van der Waals surface area contributed by atoms with Gasteiger partial charge < -0.3 is 5.73 Å². The van der Waals surface area contributed by atoms with E-state index in [1.54, 1.807) is 6.20 Å². The fourth-order valence-electron chi connectivity index (χ4n) is 1.73. The number of hydrogen-bond donors (Lipinski definition) is 1. The molecule has 2 atom stereocenters. The third kappa shape index (κ3) is 2.34. The summed E-state index contributed by atoms with van der Waals surface area (Å²) in [5.41, 5.74) is 7.36. The zero-order valence-corrected chi connectivity index (χ0v) is 10.1. The first-order valence-electron chi connectivity index (χ1n) is 5.74. The number of aromatic nitrogens is 1. The molecular weight excluding hydrogens is 212 g/mol. The molecule has 88 valence electrons. The Hall–Kier alpha value is -1.74. The second-order valence-corrected chi connectivity index (χ2v) is 4.42. The van der Waals surface area contributed by atoms with Gasteiger partial charge in [0, 0.05) is 29.1 Å². The Labute approximate surface area is 101 Å². The Kier molecular flexibility index (Phi) is 3.20. The van der Waals surface area contributed by atoms with Crippen LogP contribution in [0.4, 0.5) is 0 Å². The quantitative estimate of drug-likeness (QED) is 0.821. The molecule has 2 rings (SSSR count). The topological polar surface area (TPSA) is 56.0 Å². The molecule has 0 amide bonds. The number of pyridine rings is 1. The minimum atomic E-state index is -0.163. The highest BCUT2D eigenvalue weighted by Gasteiger charge is 2.18. The van der Waals surface area contributed by atoms with Crippen LogP contribution in [0.15, 0.2) is 36.5 Å². The van der Waals surface area contributed by atoms with Crippen molar-refractivity contribution in [2.45, 2.75) is 19.9 Å². The molecule has 0 aliphatic rings. The van der Waals surface area contributed by atoms with Crippen molar-refractivity contribution in [3.63, 3.8) is 0 Å². The van der Waals surface area contributed by atoms with Gasteiger partial charge in [-0.2, -0.15) is 0 Å². The van der Waals surface area contributed by atoms with Crippen LogP contribution >= 0.6 is 0 Å². The number of ketones is 1. The van der Waals surface area contributed by atoms with Crippen LogP contribution in [-0.2, 0) is 0 Å². The number of carbonyl (C=O) groups excluding carboxylic acids is 1. The lowest BCUT2D eigenvalue weighted by Crippen LogP contribution is -2.30. The Bertz CT molecular complexity index is 549. The van der Waals surface area contributed by atoms with E-state index in [4.69, 9.17) is 5.73 Å². The molecule has 0 bridgehead atoms. The van der Waals surface area contributed by atoms with Gasteiger partial charge in [-0.3, -0.25) is 9.78 Å². The summed E-state index contributed by atoms with van der Waals surface area (Å²) in [6.45, 7) is 3.71. The molecule has 1 aromatic carbocycles. The molecule has 17 heavy (non-hydrogen) atoms. The van der Waals surface area contributed by atoms with E-state index in [9.17, 15) is 4.79 Å². The average Bonchev–Trinajstić information content (AvgIpc) is 2.36. The fraction of sp³-hybridized carbons (Fsp3) is 0.286. The molecule has 3 nitrogen and oxygen atoms in total. The van der Waals surface area contributed by atoms with E-state index in [0.717, 1.165) is 10.9 Å². The van der Waals surface area contributed by atoms with Crippen LogP contribution in [0.5, 0.6) is 0 Å². The molecule has 0 fully saturated rings. The zero-order chi connectivity index (χ0) is 12.4. The molecular formula is C14H16N2O. The van der Waals surface area contributed by atoms with Gasteiger partial charge in [-0.15, -0.1) is 0 Å². The molecule has 0 aliphatic carbocycles. The van der Waals surface area contributed by atoms with Gasteiger partial charge in [-0.05, 0) is 31.2 Å². The number of nitrogens with zero attached hydrogens (tertiary/aromatic N) is 1. The standard InChI is InChI=1S/C14H16N2O/c1-9(10(2)15)14(17)12-5-6-13-11(8-12)4-3-7-16-13/h3-10H,15H2,1-2H3. The van der Waals surface area contributed by atoms with Crippen molar-refractivity contribution in [3.05, 3.63) is 42.1 Å². The van der Waals surface area contributed by atoms with Crippen LogP contribution in [0.2, 0.25) is 0 Å². The monoisotopic (exact) mass is 228 g/mol. The van der Waals surface area contributed by atoms with E-state index in [1.165, 1.54) is 0 Å². The van der Waals surface area contributed by atoms with Crippen LogP contribution in [0.3, 0.4) is 0 Å².